The fourth-order valence-electron chi connectivity index (χ4n) is 2.75. The molecule has 1 aliphatic heterocycles. The van der Waals surface area contributed by atoms with E-state index in [2.05, 4.69) is 20.2 Å². The number of benzene rings is 1. The minimum absolute atomic E-state index is 0.178. The van der Waals surface area contributed by atoms with Crippen molar-refractivity contribution in [2.24, 2.45) is 0 Å². The molecule has 0 bridgehead atoms. The number of amides is 2. The zero-order valence-corrected chi connectivity index (χ0v) is 18.0. The van der Waals surface area contributed by atoms with E-state index in [-0.39, 0.29) is 12.6 Å². The highest BCUT2D eigenvalue weighted by Crippen LogP contribution is 2.23. The van der Waals surface area contributed by atoms with Gasteiger partial charge >= 0.3 is 6.03 Å². The third kappa shape index (κ3) is 6.12. The number of aromatic nitrogens is 2. The molecule has 1 aliphatic rings. The van der Waals surface area contributed by atoms with Gasteiger partial charge in [0.2, 0.25) is 0 Å². The SMILES string of the molecule is CN(C)C(=O)Nc1ccc(-c2nc(COS(C)(=O)=O)cc(N3CCOCC3)n2)cc1. The van der Waals surface area contributed by atoms with Gasteiger partial charge in [-0.1, -0.05) is 0 Å². The van der Waals surface area contributed by atoms with Gasteiger partial charge in [-0.2, -0.15) is 8.42 Å². The van der Waals surface area contributed by atoms with Gasteiger partial charge in [0, 0.05) is 44.5 Å². The molecule has 11 heteroatoms. The van der Waals surface area contributed by atoms with E-state index in [1.54, 1.807) is 44.4 Å². The molecule has 1 aromatic heterocycles. The number of anilines is 2. The van der Waals surface area contributed by atoms with Crippen molar-refractivity contribution in [2.45, 2.75) is 6.61 Å². The number of rotatable bonds is 6. The molecule has 1 fully saturated rings. The topological polar surface area (TPSA) is 114 Å². The molecule has 1 aromatic carbocycles. The van der Waals surface area contributed by atoms with Crippen molar-refractivity contribution in [2.75, 3.05) is 56.9 Å². The third-order valence-electron chi connectivity index (χ3n) is 4.32. The second kappa shape index (κ2) is 9.37. The second-order valence-electron chi connectivity index (χ2n) is 7.01. The minimum atomic E-state index is -3.60. The standard InChI is InChI=1S/C19H25N5O5S/c1-23(2)19(25)21-15-6-4-14(5-7-15)18-20-16(13-29-30(3,26)27)12-17(22-18)24-8-10-28-11-9-24/h4-7,12H,8-11,13H2,1-3H3,(H,21,25). The lowest BCUT2D eigenvalue weighted by Gasteiger charge is -2.28. The lowest BCUT2D eigenvalue weighted by atomic mass is 10.2. The summed E-state index contributed by atoms with van der Waals surface area (Å²) in [7, 11) is -0.277. The summed E-state index contributed by atoms with van der Waals surface area (Å²) in [6.45, 7) is 2.36. The van der Waals surface area contributed by atoms with Crippen LogP contribution in [0.2, 0.25) is 0 Å². The van der Waals surface area contributed by atoms with Crippen LogP contribution in [0.5, 0.6) is 0 Å². The second-order valence-corrected chi connectivity index (χ2v) is 8.65. The molecule has 1 saturated heterocycles. The number of hydrogen-bond acceptors (Lipinski definition) is 8. The summed E-state index contributed by atoms with van der Waals surface area (Å²) in [5.74, 6) is 1.12. The number of carbonyl (C=O) groups excluding carboxylic acids is 1. The number of urea groups is 1. The average molecular weight is 436 g/mol. The molecular weight excluding hydrogens is 410 g/mol. The molecule has 0 spiro atoms. The van der Waals surface area contributed by atoms with Gasteiger partial charge in [-0.15, -0.1) is 0 Å². The molecule has 162 valence electrons. The lowest BCUT2D eigenvalue weighted by molar-refractivity contribution is 0.122. The average Bonchev–Trinajstić information content (AvgIpc) is 2.72. The van der Waals surface area contributed by atoms with Gasteiger partial charge in [0.25, 0.3) is 10.1 Å². The molecule has 0 radical (unpaired) electrons. The van der Waals surface area contributed by atoms with E-state index in [1.807, 2.05) is 0 Å². The summed E-state index contributed by atoms with van der Waals surface area (Å²) in [6.07, 6.45) is 0.999. The summed E-state index contributed by atoms with van der Waals surface area (Å²) >= 11 is 0. The number of morpholine rings is 1. The van der Waals surface area contributed by atoms with Gasteiger partial charge in [0.15, 0.2) is 5.82 Å². The largest absolute Gasteiger partial charge is 0.378 e. The molecule has 30 heavy (non-hydrogen) atoms. The van der Waals surface area contributed by atoms with E-state index in [0.717, 1.165) is 11.8 Å². The summed E-state index contributed by atoms with van der Waals surface area (Å²) in [6, 6.07) is 8.61. The van der Waals surface area contributed by atoms with E-state index in [4.69, 9.17) is 8.92 Å². The predicted octanol–water partition coefficient (Wildman–Crippen LogP) is 1.55. The van der Waals surface area contributed by atoms with Gasteiger partial charge in [-0.3, -0.25) is 4.18 Å². The Labute approximate surface area is 175 Å². The maximum atomic E-state index is 11.8. The smallest absolute Gasteiger partial charge is 0.321 e. The molecule has 2 aromatic rings. The van der Waals surface area contributed by atoms with Gasteiger partial charge in [0.05, 0.1) is 25.2 Å². The summed E-state index contributed by atoms with van der Waals surface area (Å²) in [5, 5.41) is 2.77. The zero-order chi connectivity index (χ0) is 21.7. The van der Waals surface area contributed by atoms with E-state index in [9.17, 15) is 13.2 Å². The number of nitrogens with one attached hydrogen (secondary N) is 1. The van der Waals surface area contributed by atoms with E-state index in [0.29, 0.717) is 49.3 Å². The fourth-order valence-corrected chi connectivity index (χ4v) is 3.08. The summed E-state index contributed by atoms with van der Waals surface area (Å²) < 4.78 is 33.1. The molecule has 10 nitrogen and oxygen atoms in total. The highest BCUT2D eigenvalue weighted by molar-refractivity contribution is 7.85. The van der Waals surface area contributed by atoms with Crippen LogP contribution in [0.3, 0.4) is 0 Å². The fraction of sp³-hybridized carbons (Fsp3) is 0.421. The summed E-state index contributed by atoms with van der Waals surface area (Å²) in [5.41, 5.74) is 1.83. The highest BCUT2D eigenvalue weighted by atomic mass is 32.2. The first-order valence-electron chi connectivity index (χ1n) is 9.35. The predicted molar refractivity (Wildman–Crippen MR) is 113 cm³/mol. The molecule has 1 N–H and O–H groups in total. The van der Waals surface area contributed by atoms with Crippen LogP contribution >= 0.6 is 0 Å². The Kier molecular flexibility index (Phi) is 6.85. The Balaban J connectivity index is 1.88. The Morgan fingerprint density at radius 3 is 2.47 bits per heavy atom. The first kappa shape index (κ1) is 21.9. The van der Waals surface area contributed by atoms with Gasteiger partial charge in [0.1, 0.15) is 12.4 Å². The molecular formula is C19H25N5O5S. The zero-order valence-electron chi connectivity index (χ0n) is 17.2. The highest BCUT2D eigenvalue weighted by Gasteiger charge is 2.17. The quantitative estimate of drug-likeness (QED) is 0.680. The van der Waals surface area contributed by atoms with Crippen molar-refractivity contribution in [3.8, 4) is 11.4 Å². The van der Waals surface area contributed by atoms with Crippen molar-refractivity contribution >= 4 is 27.7 Å². The molecule has 2 heterocycles. The number of ether oxygens (including phenoxy) is 1. The van der Waals surface area contributed by atoms with E-state index >= 15 is 0 Å². The van der Waals surface area contributed by atoms with Crippen molar-refractivity contribution in [3.63, 3.8) is 0 Å². The number of nitrogens with zero attached hydrogens (tertiary/aromatic N) is 4. The van der Waals surface area contributed by atoms with Crippen LogP contribution in [-0.4, -0.2) is 76.0 Å². The number of hydrogen-bond donors (Lipinski definition) is 1. The van der Waals surface area contributed by atoms with E-state index in [1.165, 1.54) is 4.90 Å². The van der Waals surface area contributed by atoms with Crippen LogP contribution in [0.1, 0.15) is 5.69 Å². The van der Waals surface area contributed by atoms with Crippen LogP contribution in [0, 0.1) is 0 Å². The molecule has 0 aliphatic carbocycles. The Hall–Kier alpha value is -2.76. The molecule has 2 amide bonds. The first-order chi connectivity index (χ1) is 14.2. The Morgan fingerprint density at radius 1 is 1.20 bits per heavy atom. The normalized spacial score (nSPS) is 14.4. The maximum absolute atomic E-state index is 11.8. The van der Waals surface area contributed by atoms with Crippen LogP contribution < -0.4 is 10.2 Å². The van der Waals surface area contributed by atoms with Gasteiger partial charge in [-0.05, 0) is 24.3 Å². The Bertz CT molecular complexity index is 989. The van der Waals surface area contributed by atoms with Crippen molar-refractivity contribution < 1.29 is 22.1 Å². The maximum Gasteiger partial charge on any atom is 0.321 e. The van der Waals surface area contributed by atoms with Crippen molar-refractivity contribution in [3.05, 3.63) is 36.0 Å². The lowest BCUT2D eigenvalue weighted by Crippen LogP contribution is -2.37. The third-order valence-corrected chi connectivity index (χ3v) is 4.87. The monoisotopic (exact) mass is 435 g/mol. The van der Waals surface area contributed by atoms with Crippen LogP contribution in [0.25, 0.3) is 11.4 Å². The van der Waals surface area contributed by atoms with Crippen LogP contribution in [0.4, 0.5) is 16.3 Å². The Morgan fingerprint density at radius 2 is 1.87 bits per heavy atom. The summed E-state index contributed by atoms with van der Waals surface area (Å²) in [4.78, 5) is 24.4. The van der Waals surface area contributed by atoms with E-state index < -0.39 is 10.1 Å². The van der Waals surface area contributed by atoms with Crippen molar-refractivity contribution in [1.29, 1.82) is 0 Å². The molecule has 0 atom stereocenters. The minimum Gasteiger partial charge on any atom is -0.378 e. The number of carbonyl (C=O) groups is 1. The van der Waals surface area contributed by atoms with Gasteiger partial charge < -0.3 is 19.9 Å². The first-order valence-corrected chi connectivity index (χ1v) is 11.2. The van der Waals surface area contributed by atoms with Crippen LogP contribution in [-0.2, 0) is 25.6 Å². The molecule has 0 saturated carbocycles. The van der Waals surface area contributed by atoms with Crippen LogP contribution in [0.15, 0.2) is 30.3 Å². The van der Waals surface area contributed by atoms with Gasteiger partial charge in [-0.25, -0.2) is 14.8 Å². The molecule has 3 rings (SSSR count). The van der Waals surface area contributed by atoms with Crippen molar-refractivity contribution in [1.82, 2.24) is 14.9 Å². The molecule has 0 unspecified atom stereocenters.